The third-order valence-electron chi connectivity index (χ3n) is 11.1. The lowest BCUT2D eigenvalue weighted by molar-refractivity contribution is 0.670. The lowest BCUT2D eigenvalue weighted by Gasteiger charge is -2.19. The maximum absolute atomic E-state index is 6.47. The van der Waals surface area contributed by atoms with Crippen LogP contribution in [0.1, 0.15) is 0 Å². The van der Waals surface area contributed by atoms with Crippen molar-refractivity contribution in [2.75, 3.05) is 0 Å². The predicted molar refractivity (Wildman–Crippen MR) is 212 cm³/mol. The largest absolute Gasteiger partial charge is 0.455 e. The third-order valence-corrected chi connectivity index (χ3v) is 11.1. The summed E-state index contributed by atoms with van der Waals surface area (Å²) in [6.07, 6.45) is 0. The number of nitrogens with zero attached hydrogens (tertiary/aromatic N) is 1. The second-order valence-electron chi connectivity index (χ2n) is 13.6. The van der Waals surface area contributed by atoms with Gasteiger partial charge in [-0.15, -0.1) is 0 Å². The van der Waals surface area contributed by atoms with E-state index in [9.17, 15) is 0 Å². The molecule has 0 saturated carbocycles. The Kier molecular flexibility index (Phi) is 5.00. The van der Waals surface area contributed by atoms with Gasteiger partial charge in [0, 0.05) is 32.8 Å². The molecule has 230 valence electrons. The first-order chi connectivity index (χ1) is 24.8. The average molecular weight is 634 g/mol. The van der Waals surface area contributed by atoms with Crippen molar-refractivity contribution >= 4 is 97.6 Å². The molecule has 0 aliphatic carbocycles. The Labute approximate surface area is 286 Å². The van der Waals surface area contributed by atoms with Crippen LogP contribution in [0.2, 0.25) is 0 Å². The Hall–Kier alpha value is -6.64. The van der Waals surface area contributed by atoms with Crippen LogP contribution in [0.5, 0.6) is 0 Å². The molecule has 10 aromatic carbocycles. The summed E-state index contributed by atoms with van der Waals surface area (Å²) in [5.74, 6) is 0. The molecule has 0 saturated heterocycles. The van der Waals surface area contributed by atoms with Gasteiger partial charge in [-0.2, -0.15) is 0 Å². The highest BCUT2D eigenvalue weighted by Gasteiger charge is 2.21. The lowest BCUT2D eigenvalue weighted by Crippen LogP contribution is -1.96. The molecule has 2 aromatic heterocycles. The summed E-state index contributed by atoms with van der Waals surface area (Å²) >= 11 is 0. The molecular weight excluding hydrogens is 607 g/mol. The number of hydrogen-bond donors (Lipinski definition) is 0. The summed E-state index contributed by atoms with van der Waals surface area (Å²) in [7, 11) is 0. The van der Waals surface area contributed by atoms with Crippen molar-refractivity contribution in [3.8, 4) is 16.8 Å². The van der Waals surface area contributed by atoms with Crippen LogP contribution in [0, 0.1) is 0 Å². The van der Waals surface area contributed by atoms with Crippen molar-refractivity contribution in [3.63, 3.8) is 0 Å². The highest BCUT2D eigenvalue weighted by Crippen LogP contribution is 2.47. The van der Waals surface area contributed by atoms with Crippen LogP contribution >= 0.6 is 0 Å². The maximum atomic E-state index is 6.47. The van der Waals surface area contributed by atoms with E-state index < -0.39 is 0 Å². The van der Waals surface area contributed by atoms with Gasteiger partial charge in [-0.25, -0.2) is 0 Å². The summed E-state index contributed by atoms with van der Waals surface area (Å²) in [6, 6.07) is 60.0. The van der Waals surface area contributed by atoms with E-state index in [2.05, 4.69) is 162 Å². The predicted octanol–water partition coefficient (Wildman–Crippen LogP) is 13.6. The summed E-state index contributed by atoms with van der Waals surface area (Å²) < 4.78 is 8.94. The summed E-state index contributed by atoms with van der Waals surface area (Å²) in [5, 5.41) is 17.9. The molecule has 2 heteroatoms. The molecule has 0 N–H and O–H groups in total. The number of para-hydroxylation sites is 3. The molecule has 0 aliphatic heterocycles. The fraction of sp³-hybridized carbons (Fsp3) is 0. The van der Waals surface area contributed by atoms with Gasteiger partial charge in [0.25, 0.3) is 0 Å². The smallest absolute Gasteiger partial charge is 0.143 e. The first-order valence-electron chi connectivity index (χ1n) is 17.3. The van der Waals surface area contributed by atoms with E-state index in [4.69, 9.17) is 4.42 Å². The molecular formula is C48H27NO. The van der Waals surface area contributed by atoms with Gasteiger partial charge < -0.3 is 8.98 Å². The van der Waals surface area contributed by atoms with E-state index in [1.807, 2.05) is 6.07 Å². The molecule has 2 heterocycles. The zero-order chi connectivity index (χ0) is 32.5. The van der Waals surface area contributed by atoms with E-state index >= 15 is 0 Å². The monoisotopic (exact) mass is 633 g/mol. The quantitative estimate of drug-likeness (QED) is 0.137. The second-order valence-corrected chi connectivity index (χ2v) is 13.6. The van der Waals surface area contributed by atoms with Crippen LogP contribution in [0.4, 0.5) is 0 Å². The first-order valence-corrected chi connectivity index (χ1v) is 17.3. The molecule has 0 atom stereocenters. The molecule has 0 amide bonds. The Balaban J connectivity index is 1.20. The van der Waals surface area contributed by atoms with Gasteiger partial charge in [0.15, 0.2) is 0 Å². The molecule has 50 heavy (non-hydrogen) atoms. The highest BCUT2D eigenvalue weighted by atomic mass is 16.3. The van der Waals surface area contributed by atoms with Gasteiger partial charge in [0.05, 0.1) is 11.0 Å². The van der Waals surface area contributed by atoms with E-state index in [1.54, 1.807) is 0 Å². The Bertz CT molecular complexity index is 3270. The highest BCUT2D eigenvalue weighted by molar-refractivity contribution is 6.40. The molecule has 0 fully saturated rings. The number of hydrogen-bond acceptors (Lipinski definition) is 1. The van der Waals surface area contributed by atoms with Gasteiger partial charge in [0.1, 0.15) is 11.2 Å². The maximum Gasteiger partial charge on any atom is 0.143 e. The third kappa shape index (κ3) is 3.32. The van der Waals surface area contributed by atoms with E-state index in [0.717, 1.165) is 33.1 Å². The summed E-state index contributed by atoms with van der Waals surface area (Å²) in [4.78, 5) is 0. The number of rotatable bonds is 2. The first kappa shape index (κ1) is 26.3. The van der Waals surface area contributed by atoms with E-state index in [-0.39, 0.29) is 0 Å². The zero-order valence-corrected chi connectivity index (χ0v) is 26.9. The van der Waals surface area contributed by atoms with Crippen LogP contribution in [0.15, 0.2) is 168 Å². The molecule has 0 radical (unpaired) electrons. The van der Waals surface area contributed by atoms with E-state index in [0.29, 0.717) is 0 Å². The van der Waals surface area contributed by atoms with Crippen molar-refractivity contribution in [1.29, 1.82) is 0 Å². The van der Waals surface area contributed by atoms with Crippen LogP contribution in [0.3, 0.4) is 0 Å². The van der Waals surface area contributed by atoms with Gasteiger partial charge in [-0.3, -0.25) is 0 Å². The fourth-order valence-corrected chi connectivity index (χ4v) is 9.02. The minimum absolute atomic E-state index is 0.918. The van der Waals surface area contributed by atoms with Crippen molar-refractivity contribution in [2.45, 2.75) is 0 Å². The van der Waals surface area contributed by atoms with Crippen LogP contribution in [-0.4, -0.2) is 4.57 Å². The topological polar surface area (TPSA) is 18.1 Å². The molecule has 12 rings (SSSR count). The van der Waals surface area contributed by atoms with Gasteiger partial charge >= 0.3 is 0 Å². The average Bonchev–Trinajstić information content (AvgIpc) is 3.73. The normalized spacial score (nSPS) is 12.4. The number of furan rings is 1. The fourth-order valence-electron chi connectivity index (χ4n) is 9.02. The molecule has 0 spiro atoms. The van der Waals surface area contributed by atoms with Crippen molar-refractivity contribution in [2.24, 2.45) is 0 Å². The second kappa shape index (κ2) is 9.49. The van der Waals surface area contributed by atoms with Crippen LogP contribution in [-0.2, 0) is 0 Å². The van der Waals surface area contributed by atoms with E-state index in [1.165, 1.54) is 81.4 Å². The number of benzene rings is 10. The van der Waals surface area contributed by atoms with Crippen molar-refractivity contribution in [1.82, 2.24) is 4.57 Å². The molecule has 0 bridgehead atoms. The minimum atomic E-state index is 0.918. The zero-order valence-electron chi connectivity index (χ0n) is 26.9. The standard InChI is InChI=1S/C48H27NO/c1-3-13-33-31(11-1)37-18-10-19-38-32-12-2-4-14-34(32)42-27-29(26-41(33)47(42)46(37)38)49-43-21-7-5-15-35(43)40-25-28(23-24-44(40)49)30-17-9-20-39-36-16-6-8-22-45(36)50-48(30)39/h1-27H. The Morgan fingerprint density at radius 2 is 0.860 bits per heavy atom. The SMILES string of the molecule is c1ccc2c(c1)oc1c(-c3ccc4c(c3)c3ccccc3n4-c3cc4c5ccccc5c5cccc6c7ccccc7c(c3)c4c56)cccc12. The van der Waals surface area contributed by atoms with Crippen LogP contribution < -0.4 is 0 Å². The Morgan fingerprint density at radius 3 is 1.58 bits per heavy atom. The Morgan fingerprint density at radius 1 is 0.340 bits per heavy atom. The van der Waals surface area contributed by atoms with Crippen molar-refractivity contribution < 1.29 is 4.42 Å². The molecule has 0 unspecified atom stereocenters. The summed E-state index contributed by atoms with van der Waals surface area (Å²) in [6.45, 7) is 0. The summed E-state index contributed by atoms with van der Waals surface area (Å²) in [5.41, 5.74) is 7.67. The number of aromatic nitrogens is 1. The minimum Gasteiger partial charge on any atom is -0.455 e. The van der Waals surface area contributed by atoms with Gasteiger partial charge in [-0.05, 0) is 95.8 Å². The molecule has 2 nitrogen and oxygen atoms in total. The van der Waals surface area contributed by atoms with Crippen molar-refractivity contribution in [3.05, 3.63) is 164 Å². The van der Waals surface area contributed by atoms with Gasteiger partial charge in [-0.1, -0.05) is 127 Å². The lowest BCUT2D eigenvalue weighted by atomic mass is 9.86. The molecule has 0 aliphatic rings. The van der Waals surface area contributed by atoms with Gasteiger partial charge in [0.2, 0.25) is 0 Å². The number of fused-ring (bicyclic) bond motifs is 12. The van der Waals surface area contributed by atoms with Crippen LogP contribution in [0.25, 0.3) is 114 Å². The molecule has 12 aromatic rings.